The second kappa shape index (κ2) is 7.92. The van der Waals surface area contributed by atoms with Crippen LogP contribution in [0.3, 0.4) is 0 Å². The van der Waals surface area contributed by atoms with E-state index < -0.39 is 5.97 Å². The van der Waals surface area contributed by atoms with Crippen LogP contribution in [0, 0.1) is 0 Å². The Bertz CT molecular complexity index is 965. The van der Waals surface area contributed by atoms with Crippen molar-refractivity contribution in [3.63, 3.8) is 0 Å². The van der Waals surface area contributed by atoms with Crippen molar-refractivity contribution in [2.24, 2.45) is 0 Å². The molecule has 1 fully saturated rings. The summed E-state index contributed by atoms with van der Waals surface area (Å²) in [5, 5.41) is 10.2. The fraction of sp³-hybridized carbons (Fsp3) is 0.350. The number of halogens is 1. The van der Waals surface area contributed by atoms with Crippen molar-refractivity contribution in [1.29, 1.82) is 0 Å². The third kappa shape index (κ3) is 3.83. The summed E-state index contributed by atoms with van der Waals surface area (Å²) in [6.45, 7) is 2.87. The van der Waals surface area contributed by atoms with Crippen LogP contribution in [0.25, 0.3) is 20.5 Å². The summed E-state index contributed by atoms with van der Waals surface area (Å²) in [7, 11) is 0. The summed E-state index contributed by atoms with van der Waals surface area (Å²) in [5.41, 5.74) is 2.17. The van der Waals surface area contributed by atoms with E-state index in [-0.39, 0.29) is 11.8 Å². The molecule has 1 saturated heterocycles. The van der Waals surface area contributed by atoms with E-state index in [1.165, 1.54) is 11.3 Å². The van der Waals surface area contributed by atoms with Crippen molar-refractivity contribution in [3.05, 3.63) is 46.7 Å². The number of esters is 1. The third-order valence-corrected chi connectivity index (χ3v) is 6.01. The first-order valence-corrected chi connectivity index (χ1v) is 10.2. The normalized spacial score (nSPS) is 16.7. The zero-order valence-electron chi connectivity index (χ0n) is 14.9. The van der Waals surface area contributed by atoms with Gasteiger partial charge in [-0.25, -0.2) is 4.79 Å². The maximum atomic E-state index is 12.3. The minimum Gasteiger partial charge on any atom is -0.461 e. The van der Waals surface area contributed by atoms with Gasteiger partial charge in [-0.1, -0.05) is 23.7 Å². The van der Waals surface area contributed by atoms with Gasteiger partial charge in [0.15, 0.2) is 5.69 Å². The topological polar surface area (TPSA) is 61.3 Å². The molecule has 0 aliphatic carbocycles. The summed E-state index contributed by atoms with van der Waals surface area (Å²) in [6.07, 6.45) is 2.96. The molecule has 3 heterocycles. The number of nitrogens with zero attached hydrogens (tertiary/aromatic N) is 2. The van der Waals surface area contributed by atoms with Gasteiger partial charge in [0.05, 0.1) is 23.1 Å². The summed E-state index contributed by atoms with van der Waals surface area (Å²) in [6, 6.07) is 9.73. The largest absolute Gasteiger partial charge is 0.461 e. The van der Waals surface area contributed by atoms with Gasteiger partial charge in [0.25, 0.3) is 0 Å². The number of hydrogen-bond donors (Lipinski definition) is 0. The Balaban J connectivity index is 1.80. The molecule has 5 nitrogen and oxygen atoms in total. The minimum atomic E-state index is -0.442. The number of fused-ring (bicyclic) bond motifs is 1. The first kappa shape index (κ1) is 18.3. The molecule has 1 aliphatic rings. The van der Waals surface area contributed by atoms with Gasteiger partial charge in [-0.3, -0.25) is 0 Å². The van der Waals surface area contributed by atoms with Crippen molar-refractivity contribution in [3.8, 4) is 10.4 Å². The molecule has 1 unspecified atom stereocenters. The van der Waals surface area contributed by atoms with Gasteiger partial charge >= 0.3 is 5.97 Å². The molecule has 1 aromatic carbocycles. The van der Waals surface area contributed by atoms with E-state index in [1.807, 2.05) is 24.3 Å². The molecule has 0 N–H and O–H groups in total. The number of aromatic nitrogens is 2. The van der Waals surface area contributed by atoms with E-state index >= 15 is 0 Å². The maximum absolute atomic E-state index is 12.3. The first-order chi connectivity index (χ1) is 13.2. The standard InChI is InChI=1S/C20H19ClN2O3S/c1-2-25-20(24)18-19-15(16(22-23-18)10-14-4-3-9-26-14)11-17(27-19)12-5-7-13(21)8-6-12/h5-8,11,14H,2-4,9-10H2,1H3. The first-order valence-electron chi connectivity index (χ1n) is 8.99. The number of carbonyl (C=O) groups is 1. The highest BCUT2D eigenvalue weighted by atomic mass is 35.5. The van der Waals surface area contributed by atoms with Crippen LogP contribution in [0.1, 0.15) is 35.9 Å². The lowest BCUT2D eigenvalue weighted by atomic mass is 10.1. The van der Waals surface area contributed by atoms with E-state index in [0.29, 0.717) is 18.1 Å². The lowest BCUT2D eigenvalue weighted by molar-refractivity contribution is 0.0521. The van der Waals surface area contributed by atoms with Crippen LogP contribution in [-0.4, -0.2) is 35.5 Å². The van der Waals surface area contributed by atoms with Crippen LogP contribution in [0.15, 0.2) is 30.3 Å². The zero-order chi connectivity index (χ0) is 18.8. The maximum Gasteiger partial charge on any atom is 0.360 e. The number of hydrogen-bond acceptors (Lipinski definition) is 6. The van der Waals surface area contributed by atoms with Crippen molar-refractivity contribution < 1.29 is 14.3 Å². The van der Waals surface area contributed by atoms with Crippen molar-refractivity contribution >= 4 is 39.0 Å². The van der Waals surface area contributed by atoms with Gasteiger partial charge in [-0.05, 0) is 43.5 Å². The molecule has 27 heavy (non-hydrogen) atoms. The molecule has 2 aromatic heterocycles. The molecule has 3 aromatic rings. The van der Waals surface area contributed by atoms with E-state index in [0.717, 1.165) is 45.7 Å². The SMILES string of the molecule is CCOC(=O)c1nnc(CC2CCCO2)c2cc(-c3ccc(Cl)cc3)sc12. The Morgan fingerprint density at radius 1 is 1.33 bits per heavy atom. The molecule has 1 aliphatic heterocycles. The van der Waals surface area contributed by atoms with Crippen LogP contribution in [-0.2, 0) is 15.9 Å². The number of carbonyl (C=O) groups excluding carboxylic acids is 1. The predicted molar refractivity (Wildman–Crippen MR) is 106 cm³/mol. The van der Waals surface area contributed by atoms with Crippen molar-refractivity contribution in [2.75, 3.05) is 13.2 Å². The highest BCUT2D eigenvalue weighted by molar-refractivity contribution is 7.22. The molecule has 1 atom stereocenters. The van der Waals surface area contributed by atoms with Gasteiger partial charge in [0.1, 0.15) is 0 Å². The second-order valence-corrected chi connectivity index (χ2v) is 7.90. The molecule has 0 radical (unpaired) electrons. The van der Waals surface area contributed by atoms with Gasteiger partial charge in [-0.15, -0.1) is 16.4 Å². The minimum absolute atomic E-state index is 0.162. The Kier molecular flexibility index (Phi) is 5.38. The molecular weight excluding hydrogens is 384 g/mol. The lowest BCUT2D eigenvalue weighted by Crippen LogP contribution is -2.13. The Morgan fingerprint density at radius 3 is 2.85 bits per heavy atom. The Hall–Kier alpha value is -2.02. The van der Waals surface area contributed by atoms with Gasteiger partial charge < -0.3 is 9.47 Å². The Morgan fingerprint density at radius 2 is 2.15 bits per heavy atom. The zero-order valence-corrected chi connectivity index (χ0v) is 16.5. The van der Waals surface area contributed by atoms with Crippen LogP contribution in [0.4, 0.5) is 0 Å². The monoisotopic (exact) mass is 402 g/mol. The molecule has 140 valence electrons. The quantitative estimate of drug-likeness (QED) is 0.567. The number of thiophene rings is 1. The summed E-state index contributed by atoms with van der Waals surface area (Å²) in [5.74, 6) is -0.442. The number of benzene rings is 1. The lowest BCUT2D eigenvalue weighted by Gasteiger charge is -2.09. The molecule has 7 heteroatoms. The average Bonchev–Trinajstić information content (AvgIpc) is 3.32. The summed E-state index contributed by atoms with van der Waals surface area (Å²) in [4.78, 5) is 13.4. The van der Waals surface area contributed by atoms with Crippen LogP contribution < -0.4 is 0 Å². The molecule has 0 amide bonds. The van der Waals surface area contributed by atoms with Crippen LogP contribution in [0.5, 0.6) is 0 Å². The van der Waals surface area contributed by atoms with Gasteiger partial charge in [-0.2, -0.15) is 5.10 Å². The molecule has 4 rings (SSSR count). The highest BCUT2D eigenvalue weighted by Crippen LogP contribution is 2.37. The average molecular weight is 403 g/mol. The Labute approximate surface area is 166 Å². The fourth-order valence-corrected chi connectivity index (χ4v) is 4.54. The van der Waals surface area contributed by atoms with Crippen LogP contribution >= 0.6 is 22.9 Å². The smallest absolute Gasteiger partial charge is 0.360 e. The summed E-state index contributed by atoms with van der Waals surface area (Å²) < 4.78 is 11.7. The molecule has 0 spiro atoms. The fourth-order valence-electron chi connectivity index (χ4n) is 3.25. The number of ether oxygens (including phenoxy) is 2. The third-order valence-electron chi connectivity index (χ3n) is 4.57. The van der Waals surface area contributed by atoms with Gasteiger partial charge in [0, 0.05) is 28.3 Å². The van der Waals surface area contributed by atoms with E-state index in [4.69, 9.17) is 21.1 Å². The van der Waals surface area contributed by atoms with Crippen molar-refractivity contribution in [2.45, 2.75) is 32.3 Å². The van der Waals surface area contributed by atoms with E-state index in [1.54, 1.807) is 6.92 Å². The number of rotatable bonds is 5. The molecule has 0 saturated carbocycles. The van der Waals surface area contributed by atoms with E-state index in [2.05, 4.69) is 16.3 Å². The second-order valence-electron chi connectivity index (χ2n) is 6.42. The summed E-state index contributed by atoms with van der Waals surface area (Å²) >= 11 is 7.53. The van der Waals surface area contributed by atoms with E-state index in [9.17, 15) is 4.79 Å². The molecule has 0 bridgehead atoms. The van der Waals surface area contributed by atoms with Crippen LogP contribution in [0.2, 0.25) is 5.02 Å². The molecular formula is C20H19ClN2O3S. The highest BCUT2D eigenvalue weighted by Gasteiger charge is 2.23. The predicted octanol–water partition coefficient (Wildman–Crippen LogP) is 4.91. The van der Waals surface area contributed by atoms with Gasteiger partial charge in [0.2, 0.25) is 0 Å². The van der Waals surface area contributed by atoms with Crippen molar-refractivity contribution in [1.82, 2.24) is 10.2 Å².